The van der Waals surface area contributed by atoms with Gasteiger partial charge in [-0.2, -0.15) is 0 Å². The molecule has 0 aliphatic rings. The van der Waals surface area contributed by atoms with Gasteiger partial charge in [-0.15, -0.1) is 0 Å². The van der Waals surface area contributed by atoms with Crippen LogP contribution in [-0.4, -0.2) is 36.8 Å². The fourth-order valence-corrected chi connectivity index (χ4v) is 1.51. The largest absolute Gasteiger partial charge is 0.381 e. The van der Waals surface area contributed by atoms with Crippen molar-refractivity contribution in [3.05, 3.63) is 11.9 Å². The van der Waals surface area contributed by atoms with Gasteiger partial charge >= 0.3 is 0 Å². The molecule has 17 heavy (non-hydrogen) atoms. The molecule has 0 bridgehead atoms. The van der Waals surface area contributed by atoms with E-state index in [1.807, 2.05) is 14.0 Å². The normalized spacial score (nSPS) is 10.3. The molecule has 2 N–H and O–H groups in total. The maximum absolute atomic E-state index is 5.41. The van der Waals surface area contributed by atoms with Crippen molar-refractivity contribution in [2.75, 3.05) is 37.4 Å². The molecule has 0 spiro atoms. The van der Waals surface area contributed by atoms with Gasteiger partial charge in [0.1, 0.15) is 18.0 Å². The van der Waals surface area contributed by atoms with Crippen LogP contribution in [-0.2, 0) is 4.74 Å². The summed E-state index contributed by atoms with van der Waals surface area (Å²) in [7, 11) is 1.86. The first-order chi connectivity index (χ1) is 8.29. The predicted molar refractivity (Wildman–Crippen MR) is 70.5 cm³/mol. The maximum atomic E-state index is 5.41. The molecule has 0 fully saturated rings. The molecular weight excluding hydrogens is 216 g/mol. The Morgan fingerprint density at radius 1 is 1.24 bits per heavy atom. The van der Waals surface area contributed by atoms with Gasteiger partial charge in [-0.25, -0.2) is 9.97 Å². The van der Waals surface area contributed by atoms with E-state index in [0.717, 1.165) is 49.8 Å². The number of rotatable bonds is 8. The van der Waals surface area contributed by atoms with E-state index in [2.05, 4.69) is 27.5 Å². The summed E-state index contributed by atoms with van der Waals surface area (Å²) in [6, 6.07) is 0. The highest BCUT2D eigenvalue weighted by atomic mass is 16.5. The van der Waals surface area contributed by atoms with Crippen LogP contribution in [0.15, 0.2) is 6.33 Å². The van der Waals surface area contributed by atoms with E-state index in [1.165, 1.54) is 0 Å². The van der Waals surface area contributed by atoms with E-state index >= 15 is 0 Å². The molecule has 0 saturated carbocycles. The predicted octanol–water partition coefficient (Wildman–Crippen LogP) is 2.06. The van der Waals surface area contributed by atoms with Gasteiger partial charge in [-0.3, -0.25) is 0 Å². The third-order valence-electron chi connectivity index (χ3n) is 2.43. The molecule has 96 valence electrons. The average Bonchev–Trinajstić information content (AvgIpc) is 2.35. The minimum absolute atomic E-state index is 0.795. The Labute approximate surface area is 103 Å². The van der Waals surface area contributed by atoms with Crippen LogP contribution in [0, 0.1) is 6.92 Å². The van der Waals surface area contributed by atoms with Gasteiger partial charge in [-0.1, -0.05) is 6.92 Å². The van der Waals surface area contributed by atoms with Crippen molar-refractivity contribution in [3.8, 4) is 0 Å². The first-order valence-electron chi connectivity index (χ1n) is 6.10. The second-order valence-corrected chi connectivity index (χ2v) is 3.84. The molecule has 5 nitrogen and oxygen atoms in total. The molecule has 1 rings (SSSR count). The lowest BCUT2D eigenvalue weighted by atomic mass is 10.3. The lowest BCUT2D eigenvalue weighted by molar-refractivity contribution is 0.134. The van der Waals surface area contributed by atoms with Crippen LogP contribution in [0.4, 0.5) is 11.6 Å². The number of hydrogen-bond donors (Lipinski definition) is 2. The third-order valence-corrected chi connectivity index (χ3v) is 2.43. The summed E-state index contributed by atoms with van der Waals surface area (Å²) in [5, 5.41) is 6.33. The topological polar surface area (TPSA) is 59.1 Å². The van der Waals surface area contributed by atoms with Crippen LogP contribution in [0.2, 0.25) is 0 Å². The van der Waals surface area contributed by atoms with Crippen LogP contribution in [0.1, 0.15) is 25.3 Å². The Kier molecular flexibility index (Phi) is 6.32. The zero-order valence-corrected chi connectivity index (χ0v) is 10.9. The van der Waals surface area contributed by atoms with Crippen molar-refractivity contribution < 1.29 is 4.74 Å². The Morgan fingerprint density at radius 2 is 2.00 bits per heavy atom. The Bertz CT molecular complexity index is 330. The summed E-state index contributed by atoms with van der Waals surface area (Å²) >= 11 is 0. The first-order valence-corrected chi connectivity index (χ1v) is 6.10. The van der Waals surface area contributed by atoms with Crippen LogP contribution in [0.3, 0.4) is 0 Å². The zero-order chi connectivity index (χ0) is 12.5. The molecule has 5 heteroatoms. The van der Waals surface area contributed by atoms with Crippen molar-refractivity contribution in [2.24, 2.45) is 0 Å². The summed E-state index contributed by atoms with van der Waals surface area (Å²) < 4.78 is 5.41. The molecule has 1 heterocycles. The molecule has 0 amide bonds. The Morgan fingerprint density at radius 3 is 2.71 bits per heavy atom. The lowest BCUT2D eigenvalue weighted by Crippen LogP contribution is -2.09. The highest BCUT2D eigenvalue weighted by Crippen LogP contribution is 2.16. The maximum Gasteiger partial charge on any atom is 0.134 e. The highest BCUT2D eigenvalue weighted by Gasteiger charge is 2.04. The minimum Gasteiger partial charge on any atom is -0.381 e. The Hall–Kier alpha value is -1.36. The van der Waals surface area contributed by atoms with Crippen molar-refractivity contribution in [1.29, 1.82) is 0 Å². The number of hydrogen-bond acceptors (Lipinski definition) is 5. The number of ether oxygens (including phenoxy) is 1. The first kappa shape index (κ1) is 13.7. The van der Waals surface area contributed by atoms with Gasteiger partial charge in [0.25, 0.3) is 0 Å². The second-order valence-electron chi connectivity index (χ2n) is 3.84. The fourth-order valence-electron chi connectivity index (χ4n) is 1.51. The minimum atomic E-state index is 0.795. The van der Waals surface area contributed by atoms with Crippen molar-refractivity contribution in [3.63, 3.8) is 0 Å². The molecule has 0 radical (unpaired) electrons. The number of anilines is 2. The van der Waals surface area contributed by atoms with E-state index in [0.29, 0.717) is 0 Å². The number of nitrogens with zero attached hydrogens (tertiary/aromatic N) is 2. The molecular formula is C12H22N4O. The summed E-state index contributed by atoms with van der Waals surface area (Å²) in [5.41, 5.74) is 1.05. The monoisotopic (exact) mass is 238 g/mol. The van der Waals surface area contributed by atoms with Crippen molar-refractivity contribution >= 4 is 11.6 Å². The fraction of sp³-hybridized carbons (Fsp3) is 0.667. The van der Waals surface area contributed by atoms with Gasteiger partial charge < -0.3 is 15.4 Å². The summed E-state index contributed by atoms with van der Waals surface area (Å²) in [5.74, 6) is 1.75. The van der Waals surface area contributed by atoms with Crippen LogP contribution < -0.4 is 10.6 Å². The second kappa shape index (κ2) is 7.84. The molecule has 0 unspecified atom stereocenters. The van der Waals surface area contributed by atoms with Crippen molar-refractivity contribution in [2.45, 2.75) is 26.7 Å². The van der Waals surface area contributed by atoms with Gasteiger partial charge in [0.15, 0.2) is 0 Å². The molecule has 0 aliphatic carbocycles. The summed E-state index contributed by atoms with van der Waals surface area (Å²) in [6.45, 7) is 6.62. The third kappa shape index (κ3) is 4.56. The van der Waals surface area contributed by atoms with E-state index in [4.69, 9.17) is 4.74 Å². The van der Waals surface area contributed by atoms with Crippen LogP contribution >= 0.6 is 0 Å². The van der Waals surface area contributed by atoms with E-state index < -0.39 is 0 Å². The van der Waals surface area contributed by atoms with E-state index in [1.54, 1.807) is 6.33 Å². The van der Waals surface area contributed by atoms with Crippen molar-refractivity contribution in [1.82, 2.24) is 9.97 Å². The number of nitrogens with one attached hydrogen (secondary N) is 2. The quantitative estimate of drug-likeness (QED) is 0.679. The van der Waals surface area contributed by atoms with Crippen LogP contribution in [0.25, 0.3) is 0 Å². The van der Waals surface area contributed by atoms with Gasteiger partial charge in [0.2, 0.25) is 0 Å². The molecule has 1 aromatic rings. The lowest BCUT2D eigenvalue weighted by Gasteiger charge is -2.10. The van der Waals surface area contributed by atoms with Crippen LogP contribution in [0.5, 0.6) is 0 Å². The van der Waals surface area contributed by atoms with Gasteiger partial charge in [0, 0.05) is 32.4 Å². The molecule has 1 aromatic heterocycles. The van der Waals surface area contributed by atoms with Gasteiger partial charge in [0.05, 0.1) is 0 Å². The molecule has 0 aliphatic heterocycles. The smallest absolute Gasteiger partial charge is 0.134 e. The van der Waals surface area contributed by atoms with Gasteiger partial charge in [-0.05, 0) is 19.8 Å². The molecule has 0 saturated heterocycles. The summed E-state index contributed by atoms with van der Waals surface area (Å²) in [6.07, 6.45) is 3.62. The average molecular weight is 238 g/mol. The molecule has 0 atom stereocenters. The zero-order valence-electron chi connectivity index (χ0n) is 10.9. The highest BCUT2D eigenvalue weighted by molar-refractivity contribution is 5.55. The SMILES string of the molecule is CCCOCCCNc1ncnc(NC)c1C. The van der Waals surface area contributed by atoms with E-state index in [9.17, 15) is 0 Å². The Balaban J connectivity index is 2.31. The summed E-state index contributed by atoms with van der Waals surface area (Å²) in [4.78, 5) is 8.36. The standard InChI is InChI=1S/C12H22N4O/c1-4-7-17-8-5-6-14-12-10(2)11(13-3)15-9-16-12/h9H,4-8H2,1-3H3,(H2,13,14,15,16). The van der Waals surface area contributed by atoms with E-state index in [-0.39, 0.29) is 0 Å². The number of aromatic nitrogens is 2. The molecule has 0 aromatic carbocycles.